The topological polar surface area (TPSA) is 74.4 Å². The van der Waals surface area contributed by atoms with Crippen molar-refractivity contribution >= 4 is 11.8 Å². The minimum Gasteiger partial charge on any atom is -0.363 e. The van der Waals surface area contributed by atoms with Crippen LogP contribution in [0, 0.1) is 13.8 Å². The lowest BCUT2D eigenvalue weighted by Gasteiger charge is -2.37. The summed E-state index contributed by atoms with van der Waals surface area (Å²) in [5, 5.41) is 3.88. The predicted molar refractivity (Wildman–Crippen MR) is 92.3 cm³/mol. The summed E-state index contributed by atoms with van der Waals surface area (Å²) in [5.41, 5.74) is 0.987. The summed E-state index contributed by atoms with van der Waals surface area (Å²) in [5.74, 6) is 3.11. The number of rotatable bonds is 4. The van der Waals surface area contributed by atoms with Gasteiger partial charge in [0.2, 0.25) is 11.8 Å². The fraction of sp³-hybridized carbons (Fsp3) is 0.625. The van der Waals surface area contributed by atoms with Gasteiger partial charge in [0.05, 0.1) is 6.04 Å². The van der Waals surface area contributed by atoms with Gasteiger partial charge < -0.3 is 14.3 Å². The maximum Gasteiger partial charge on any atom is 0.243 e. The Hall–Kier alpha value is -2.22. The van der Waals surface area contributed by atoms with Crippen LogP contribution in [0.2, 0.25) is 0 Å². The van der Waals surface area contributed by atoms with Gasteiger partial charge in [-0.3, -0.25) is 4.90 Å². The normalized spacial score (nSPS) is 17.1. The van der Waals surface area contributed by atoms with Crippen LogP contribution < -0.4 is 9.80 Å². The summed E-state index contributed by atoms with van der Waals surface area (Å²) >= 11 is 0. The van der Waals surface area contributed by atoms with Crippen molar-refractivity contribution in [3.05, 3.63) is 23.5 Å². The van der Waals surface area contributed by atoms with E-state index in [1.807, 2.05) is 38.9 Å². The average molecular weight is 331 g/mol. The molecule has 0 N–H and O–H groups in total. The fourth-order valence-electron chi connectivity index (χ4n) is 2.86. The Kier molecular flexibility index (Phi) is 4.66. The van der Waals surface area contributed by atoms with Crippen molar-refractivity contribution in [1.82, 2.24) is 25.0 Å². The van der Waals surface area contributed by atoms with Crippen LogP contribution in [0.5, 0.6) is 0 Å². The molecule has 8 nitrogen and oxygen atoms in total. The van der Waals surface area contributed by atoms with Gasteiger partial charge in [-0.25, -0.2) is 4.98 Å². The van der Waals surface area contributed by atoms with E-state index in [4.69, 9.17) is 4.52 Å². The van der Waals surface area contributed by atoms with Gasteiger partial charge in [-0.2, -0.15) is 9.97 Å². The zero-order chi connectivity index (χ0) is 17.3. The fourth-order valence-corrected chi connectivity index (χ4v) is 2.86. The molecule has 3 heterocycles. The Morgan fingerprint density at radius 3 is 2.38 bits per heavy atom. The summed E-state index contributed by atoms with van der Waals surface area (Å²) in [6.07, 6.45) is 0. The highest BCUT2D eigenvalue weighted by atomic mass is 16.5. The van der Waals surface area contributed by atoms with E-state index in [0.29, 0.717) is 11.7 Å². The van der Waals surface area contributed by atoms with Crippen molar-refractivity contribution in [1.29, 1.82) is 0 Å². The molecule has 1 aliphatic rings. The zero-order valence-corrected chi connectivity index (χ0v) is 15.0. The molecule has 0 aromatic carbocycles. The van der Waals surface area contributed by atoms with E-state index in [1.165, 1.54) is 0 Å². The molecule has 0 saturated carbocycles. The SMILES string of the molecule is Cc1cc(N(C)C)nc(N2CCN([C@@H](C)c3nc(C)no3)CC2)n1. The first-order valence-corrected chi connectivity index (χ1v) is 8.26. The summed E-state index contributed by atoms with van der Waals surface area (Å²) in [7, 11) is 4.00. The second-order valence-electron chi connectivity index (χ2n) is 6.44. The number of anilines is 2. The zero-order valence-electron chi connectivity index (χ0n) is 15.0. The van der Waals surface area contributed by atoms with E-state index in [1.54, 1.807) is 0 Å². The monoisotopic (exact) mass is 331 g/mol. The van der Waals surface area contributed by atoms with Crippen LogP contribution in [0.15, 0.2) is 10.6 Å². The molecule has 24 heavy (non-hydrogen) atoms. The predicted octanol–water partition coefficient (Wildman–Crippen LogP) is 1.43. The molecule has 1 aliphatic heterocycles. The van der Waals surface area contributed by atoms with Gasteiger partial charge in [-0.15, -0.1) is 0 Å². The first kappa shape index (κ1) is 16.6. The highest BCUT2D eigenvalue weighted by Crippen LogP contribution is 2.22. The molecule has 0 unspecified atom stereocenters. The van der Waals surface area contributed by atoms with Gasteiger partial charge in [-0.05, 0) is 20.8 Å². The van der Waals surface area contributed by atoms with Crippen LogP contribution in [-0.4, -0.2) is 65.3 Å². The van der Waals surface area contributed by atoms with Gasteiger partial charge >= 0.3 is 0 Å². The minimum absolute atomic E-state index is 0.129. The largest absolute Gasteiger partial charge is 0.363 e. The smallest absolute Gasteiger partial charge is 0.243 e. The third kappa shape index (κ3) is 3.48. The number of hydrogen-bond donors (Lipinski definition) is 0. The molecule has 0 radical (unpaired) electrons. The lowest BCUT2D eigenvalue weighted by atomic mass is 10.2. The third-order valence-electron chi connectivity index (χ3n) is 4.33. The van der Waals surface area contributed by atoms with Crippen LogP contribution in [0.1, 0.15) is 30.4 Å². The molecule has 3 rings (SSSR count). The van der Waals surface area contributed by atoms with Crippen molar-refractivity contribution in [3.8, 4) is 0 Å². The molecule has 2 aromatic heterocycles. The van der Waals surface area contributed by atoms with E-state index in [0.717, 1.165) is 43.6 Å². The molecule has 130 valence electrons. The Morgan fingerprint density at radius 2 is 1.79 bits per heavy atom. The molecule has 0 amide bonds. The molecule has 0 bridgehead atoms. The molecule has 1 saturated heterocycles. The van der Waals surface area contributed by atoms with E-state index < -0.39 is 0 Å². The molecular formula is C16H25N7O. The van der Waals surface area contributed by atoms with Crippen LogP contribution >= 0.6 is 0 Å². The molecular weight excluding hydrogens is 306 g/mol. The van der Waals surface area contributed by atoms with Gasteiger partial charge in [0.25, 0.3) is 0 Å². The van der Waals surface area contributed by atoms with Crippen molar-refractivity contribution < 1.29 is 4.52 Å². The maximum absolute atomic E-state index is 5.30. The Bertz CT molecular complexity index is 691. The van der Waals surface area contributed by atoms with Gasteiger partial charge in [0, 0.05) is 52.0 Å². The summed E-state index contributed by atoms with van der Waals surface area (Å²) in [6, 6.07) is 2.13. The highest BCUT2D eigenvalue weighted by molar-refractivity contribution is 5.45. The number of aryl methyl sites for hydroxylation is 2. The Labute approximate surface area is 142 Å². The molecule has 1 fully saturated rings. The Morgan fingerprint density at radius 1 is 1.08 bits per heavy atom. The van der Waals surface area contributed by atoms with Crippen molar-refractivity contribution in [2.24, 2.45) is 0 Å². The van der Waals surface area contributed by atoms with E-state index in [9.17, 15) is 0 Å². The first-order chi connectivity index (χ1) is 11.4. The lowest BCUT2D eigenvalue weighted by Crippen LogP contribution is -2.47. The van der Waals surface area contributed by atoms with Crippen molar-refractivity contribution in [2.45, 2.75) is 26.8 Å². The van der Waals surface area contributed by atoms with E-state index >= 15 is 0 Å². The summed E-state index contributed by atoms with van der Waals surface area (Å²) in [4.78, 5) is 20.2. The highest BCUT2D eigenvalue weighted by Gasteiger charge is 2.26. The number of aromatic nitrogens is 4. The van der Waals surface area contributed by atoms with Gasteiger partial charge in [0.1, 0.15) is 5.82 Å². The molecule has 8 heteroatoms. The van der Waals surface area contributed by atoms with E-state index in [-0.39, 0.29) is 6.04 Å². The number of nitrogens with zero attached hydrogens (tertiary/aromatic N) is 7. The quantitative estimate of drug-likeness (QED) is 0.833. The molecule has 0 spiro atoms. The summed E-state index contributed by atoms with van der Waals surface area (Å²) < 4.78 is 5.30. The average Bonchev–Trinajstić information content (AvgIpc) is 3.00. The van der Waals surface area contributed by atoms with Crippen LogP contribution in [0.25, 0.3) is 0 Å². The maximum atomic E-state index is 5.30. The summed E-state index contributed by atoms with van der Waals surface area (Å²) in [6.45, 7) is 9.55. The second-order valence-corrected chi connectivity index (χ2v) is 6.44. The van der Waals surface area contributed by atoms with E-state index in [2.05, 4.69) is 36.8 Å². The van der Waals surface area contributed by atoms with Gasteiger partial charge in [0.15, 0.2) is 5.82 Å². The number of piperazine rings is 1. The second kappa shape index (κ2) is 6.72. The van der Waals surface area contributed by atoms with Crippen LogP contribution in [0.4, 0.5) is 11.8 Å². The standard InChI is InChI=1S/C16H25N7O/c1-11-10-14(21(4)5)19-16(17-11)23-8-6-22(7-9-23)12(2)15-18-13(3)20-24-15/h10,12H,6-9H2,1-5H3/t12-/m0/s1. The molecule has 2 aromatic rings. The lowest BCUT2D eigenvalue weighted by molar-refractivity contribution is 0.163. The van der Waals surface area contributed by atoms with Crippen molar-refractivity contribution in [3.63, 3.8) is 0 Å². The third-order valence-corrected chi connectivity index (χ3v) is 4.33. The van der Waals surface area contributed by atoms with Crippen LogP contribution in [0.3, 0.4) is 0 Å². The minimum atomic E-state index is 0.129. The van der Waals surface area contributed by atoms with Gasteiger partial charge in [-0.1, -0.05) is 5.16 Å². The molecule has 1 atom stereocenters. The first-order valence-electron chi connectivity index (χ1n) is 8.26. The van der Waals surface area contributed by atoms with Crippen molar-refractivity contribution in [2.75, 3.05) is 50.1 Å². The molecule has 0 aliphatic carbocycles. The Balaban J connectivity index is 1.67. The number of hydrogen-bond acceptors (Lipinski definition) is 8. The van der Waals surface area contributed by atoms with Crippen LogP contribution in [-0.2, 0) is 0 Å².